The molecular weight excluding hydrogens is 645 g/mol. The summed E-state index contributed by atoms with van der Waals surface area (Å²) in [4.78, 5) is 53.3. The van der Waals surface area contributed by atoms with Crippen molar-refractivity contribution in [2.24, 2.45) is 13.0 Å². The molecule has 0 atom stereocenters. The van der Waals surface area contributed by atoms with Gasteiger partial charge in [0, 0.05) is 73.0 Å². The van der Waals surface area contributed by atoms with Crippen LogP contribution in [0.2, 0.25) is 0 Å². The van der Waals surface area contributed by atoms with Crippen LogP contribution in [0.25, 0.3) is 44.2 Å². The first-order chi connectivity index (χ1) is 24.8. The van der Waals surface area contributed by atoms with Crippen molar-refractivity contribution in [3.63, 3.8) is 0 Å². The van der Waals surface area contributed by atoms with Gasteiger partial charge in [-0.25, -0.2) is 4.39 Å². The van der Waals surface area contributed by atoms with Crippen molar-refractivity contribution < 1.29 is 18.8 Å². The van der Waals surface area contributed by atoms with E-state index in [0.29, 0.717) is 54.3 Å². The van der Waals surface area contributed by atoms with Crippen molar-refractivity contribution in [2.75, 3.05) is 26.2 Å². The molecule has 4 aromatic heterocycles. The Morgan fingerprint density at radius 2 is 1.69 bits per heavy atom. The van der Waals surface area contributed by atoms with E-state index in [2.05, 4.69) is 20.0 Å². The van der Waals surface area contributed by atoms with E-state index in [4.69, 9.17) is 0 Å². The minimum Gasteiger partial charge on any atom is -0.332 e. The second-order valence-corrected chi connectivity index (χ2v) is 13.7. The summed E-state index contributed by atoms with van der Waals surface area (Å²) in [5.74, 6) is -0.167. The summed E-state index contributed by atoms with van der Waals surface area (Å²) in [7, 11) is 1.84. The Kier molecular flexibility index (Phi) is 8.51. The van der Waals surface area contributed by atoms with E-state index in [1.807, 2.05) is 54.5 Å². The smallest absolute Gasteiger partial charge is 0.256 e. The predicted octanol–water partition coefficient (Wildman–Crippen LogP) is 6.78. The molecule has 6 heterocycles. The standard InChI is InChI=1S/C40H38FN7O3/c1-25(49)37-39-31(14-18-43-37)29-6-3-4-7-34(29)48(39)35(50)8-5-19-46-20-15-26(16-21-46)22-47-24-33-36(40(47)51)30(13-17-42-33)32-23-45(2)44-38(32)27-9-11-28(41)12-10-27/h3-4,6-7,9-14,17-18,23,26H,5,8,15-16,19-22,24H2,1-2H3. The van der Waals surface area contributed by atoms with Gasteiger partial charge in [-0.2, -0.15) is 5.10 Å². The van der Waals surface area contributed by atoms with Crippen molar-refractivity contribution in [3.8, 4) is 22.4 Å². The Labute approximate surface area is 294 Å². The summed E-state index contributed by atoms with van der Waals surface area (Å²) >= 11 is 0. The number of nitrogens with zero attached hydrogens (tertiary/aromatic N) is 7. The number of rotatable bonds is 9. The summed E-state index contributed by atoms with van der Waals surface area (Å²) < 4.78 is 17.1. The van der Waals surface area contributed by atoms with Crippen LogP contribution in [0.1, 0.15) is 63.9 Å². The Balaban J connectivity index is 0.894. The number of fused-ring (bicyclic) bond motifs is 4. The normalized spacial score (nSPS) is 15.3. The number of pyridine rings is 2. The molecule has 10 nitrogen and oxygen atoms in total. The Morgan fingerprint density at radius 3 is 2.47 bits per heavy atom. The molecule has 0 aliphatic carbocycles. The lowest BCUT2D eigenvalue weighted by atomic mass is 9.95. The fourth-order valence-electron chi connectivity index (χ4n) is 7.85. The number of amides is 1. The number of halogens is 1. The van der Waals surface area contributed by atoms with Crippen LogP contribution in [-0.4, -0.2) is 77.9 Å². The molecule has 11 heteroatoms. The van der Waals surface area contributed by atoms with Gasteiger partial charge in [0.15, 0.2) is 5.78 Å². The third-order valence-corrected chi connectivity index (χ3v) is 10.3. The van der Waals surface area contributed by atoms with Crippen LogP contribution < -0.4 is 0 Å². The Morgan fingerprint density at radius 1 is 0.922 bits per heavy atom. The van der Waals surface area contributed by atoms with Gasteiger partial charge in [-0.1, -0.05) is 18.2 Å². The van der Waals surface area contributed by atoms with Gasteiger partial charge in [-0.15, -0.1) is 0 Å². The molecule has 0 saturated carbocycles. The Bertz CT molecular complexity index is 2320. The number of benzene rings is 2. The van der Waals surface area contributed by atoms with Crippen molar-refractivity contribution in [3.05, 3.63) is 102 Å². The van der Waals surface area contributed by atoms with Gasteiger partial charge in [0.05, 0.1) is 28.8 Å². The molecule has 1 saturated heterocycles. The van der Waals surface area contributed by atoms with Crippen LogP contribution in [0.3, 0.4) is 0 Å². The average Bonchev–Trinajstić information content (AvgIpc) is 3.80. The summed E-state index contributed by atoms with van der Waals surface area (Å²) in [5.41, 5.74) is 6.17. The highest BCUT2D eigenvalue weighted by atomic mass is 19.1. The molecule has 0 spiro atoms. The van der Waals surface area contributed by atoms with Gasteiger partial charge in [-0.05, 0) is 87.3 Å². The summed E-state index contributed by atoms with van der Waals surface area (Å²) in [5, 5.41) is 6.44. The summed E-state index contributed by atoms with van der Waals surface area (Å²) in [6, 6.07) is 17.7. The minimum atomic E-state index is -0.314. The predicted molar refractivity (Wildman–Crippen MR) is 193 cm³/mol. The molecule has 8 rings (SSSR count). The third-order valence-electron chi connectivity index (χ3n) is 10.3. The van der Waals surface area contributed by atoms with Crippen LogP contribution >= 0.6 is 0 Å². The van der Waals surface area contributed by atoms with E-state index in [1.165, 1.54) is 19.1 Å². The van der Waals surface area contributed by atoms with Crippen LogP contribution in [-0.2, 0) is 13.6 Å². The fraction of sp³-hybridized carbons (Fsp3) is 0.300. The average molecular weight is 684 g/mol. The second-order valence-electron chi connectivity index (χ2n) is 13.7. The van der Waals surface area contributed by atoms with Gasteiger partial charge in [0.2, 0.25) is 5.91 Å². The second kappa shape index (κ2) is 13.3. The number of ketones is 1. The molecule has 0 N–H and O–H groups in total. The first-order valence-corrected chi connectivity index (χ1v) is 17.5. The van der Waals surface area contributed by atoms with Crippen LogP contribution in [0.4, 0.5) is 4.39 Å². The number of likely N-dealkylation sites (tertiary alicyclic amines) is 1. The van der Waals surface area contributed by atoms with Crippen molar-refractivity contribution in [2.45, 2.75) is 39.2 Å². The first kappa shape index (κ1) is 32.6. The molecule has 0 bridgehead atoms. The lowest BCUT2D eigenvalue weighted by Gasteiger charge is -2.33. The minimum absolute atomic E-state index is 0.0175. The van der Waals surface area contributed by atoms with Gasteiger partial charge in [0.1, 0.15) is 17.2 Å². The van der Waals surface area contributed by atoms with Crippen molar-refractivity contribution >= 4 is 39.4 Å². The number of hydrogen-bond donors (Lipinski definition) is 0. The lowest BCUT2D eigenvalue weighted by Crippen LogP contribution is -2.39. The molecule has 2 aliphatic rings. The molecule has 0 radical (unpaired) electrons. The number of para-hydroxylation sites is 1. The number of carbonyl (C=O) groups excluding carboxylic acids is 3. The zero-order chi connectivity index (χ0) is 35.2. The maximum atomic E-state index is 13.9. The number of carbonyl (C=O) groups is 3. The zero-order valence-electron chi connectivity index (χ0n) is 28.7. The molecule has 0 unspecified atom stereocenters. The molecule has 2 aliphatic heterocycles. The van der Waals surface area contributed by atoms with Crippen molar-refractivity contribution in [1.29, 1.82) is 0 Å². The first-order valence-electron chi connectivity index (χ1n) is 17.5. The number of Topliss-reactive ketones (excluding diaryl/α,β-unsaturated/α-hetero) is 1. The number of aromatic nitrogens is 5. The number of piperidine rings is 1. The third kappa shape index (κ3) is 6.01. The molecule has 1 amide bonds. The highest BCUT2D eigenvalue weighted by Gasteiger charge is 2.34. The van der Waals surface area contributed by atoms with Gasteiger partial charge in [-0.3, -0.25) is 33.6 Å². The summed E-state index contributed by atoms with van der Waals surface area (Å²) in [6.45, 7) is 5.23. The van der Waals surface area contributed by atoms with Crippen LogP contribution in [0.5, 0.6) is 0 Å². The molecule has 2 aromatic carbocycles. The van der Waals surface area contributed by atoms with E-state index in [9.17, 15) is 18.8 Å². The quantitative estimate of drug-likeness (QED) is 0.155. The van der Waals surface area contributed by atoms with E-state index >= 15 is 0 Å². The lowest BCUT2D eigenvalue weighted by molar-refractivity contribution is 0.0713. The highest BCUT2D eigenvalue weighted by Crippen LogP contribution is 2.37. The molecule has 1 fully saturated rings. The topological polar surface area (TPSA) is 106 Å². The van der Waals surface area contributed by atoms with Gasteiger partial charge in [0.25, 0.3) is 5.91 Å². The van der Waals surface area contributed by atoms with E-state index in [-0.39, 0.29) is 23.4 Å². The van der Waals surface area contributed by atoms with Crippen molar-refractivity contribution in [1.82, 2.24) is 34.1 Å². The maximum absolute atomic E-state index is 13.9. The maximum Gasteiger partial charge on any atom is 0.256 e. The van der Waals surface area contributed by atoms with Crippen LogP contribution in [0.15, 0.2) is 79.3 Å². The van der Waals surface area contributed by atoms with E-state index < -0.39 is 0 Å². The number of hydrogen-bond acceptors (Lipinski definition) is 7. The molecular formula is C40H38FN7O3. The van der Waals surface area contributed by atoms with E-state index in [1.54, 1.807) is 33.8 Å². The molecule has 51 heavy (non-hydrogen) atoms. The molecule has 6 aromatic rings. The largest absolute Gasteiger partial charge is 0.332 e. The SMILES string of the molecule is CC(=O)c1nccc2c3ccccc3n(C(=O)CCCN3CCC(CN4Cc5nccc(-c6cn(C)nc6-c6ccc(F)cc6)c5C4=O)CC3)c12. The van der Waals surface area contributed by atoms with Gasteiger partial charge >= 0.3 is 0 Å². The fourth-order valence-corrected chi connectivity index (χ4v) is 7.85. The molecule has 258 valence electrons. The Hall–Kier alpha value is -5.55. The number of aryl methyl sites for hydroxylation is 1. The van der Waals surface area contributed by atoms with E-state index in [0.717, 1.165) is 71.1 Å². The summed E-state index contributed by atoms with van der Waals surface area (Å²) in [6.07, 6.45) is 8.27. The van der Waals surface area contributed by atoms with Gasteiger partial charge < -0.3 is 9.80 Å². The van der Waals surface area contributed by atoms with Crippen LogP contribution in [0, 0.1) is 11.7 Å². The monoisotopic (exact) mass is 683 g/mol. The zero-order valence-corrected chi connectivity index (χ0v) is 28.7. The highest BCUT2D eigenvalue weighted by molar-refractivity contribution is 6.18.